The molecule has 5 nitrogen and oxygen atoms in total. The van der Waals surface area contributed by atoms with Crippen molar-refractivity contribution in [3.8, 4) is 5.75 Å². The smallest absolute Gasteiger partial charge is 0.405 e. The molecule has 0 atom stereocenters. The number of benzene rings is 1. The number of aromatic nitrogens is 1. The summed E-state index contributed by atoms with van der Waals surface area (Å²) in [6, 6.07) is 9.36. The molecule has 0 aliphatic carbocycles. The number of carbonyl (C=O) groups excluding carboxylic acids is 1. The molecule has 1 saturated heterocycles. The second-order valence-electron chi connectivity index (χ2n) is 6.41. The molecule has 0 bridgehead atoms. The minimum Gasteiger partial charge on any atom is -0.405 e. The van der Waals surface area contributed by atoms with E-state index in [0.717, 1.165) is 31.6 Å². The molecule has 27 heavy (non-hydrogen) atoms. The molecule has 0 N–H and O–H groups in total. The highest BCUT2D eigenvalue weighted by molar-refractivity contribution is 5.93. The van der Waals surface area contributed by atoms with Crippen LogP contribution in [0.15, 0.2) is 42.6 Å². The van der Waals surface area contributed by atoms with E-state index >= 15 is 0 Å². The number of rotatable bonds is 5. The number of ether oxygens (including phenoxy) is 1. The van der Waals surface area contributed by atoms with Crippen molar-refractivity contribution in [3.63, 3.8) is 0 Å². The standard InChI is InChI=1S/C19H20F3N3O2/c1-24(13-14-6-2-3-7-17(14)27-19(20,21)22)18(26)16-12-15(8-9-23-16)25-10-4-5-11-25/h2-3,6-9,12H,4-5,10-11,13H2,1H3. The molecule has 0 radical (unpaired) electrons. The van der Waals surface area contributed by atoms with Gasteiger partial charge in [0.15, 0.2) is 0 Å². The minimum atomic E-state index is -4.79. The summed E-state index contributed by atoms with van der Waals surface area (Å²) in [5, 5.41) is 0. The first kappa shape index (κ1) is 19.0. The Labute approximate surface area is 155 Å². The molecule has 0 unspecified atom stereocenters. The van der Waals surface area contributed by atoms with Gasteiger partial charge in [-0.3, -0.25) is 9.78 Å². The van der Waals surface area contributed by atoms with E-state index in [0.29, 0.717) is 0 Å². The van der Waals surface area contributed by atoms with E-state index in [2.05, 4.69) is 14.6 Å². The zero-order valence-corrected chi connectivity index (χ0v) is 14.9. The minimum absolute atomic E-state index is 0.0271. The number of pyridine rings is 1. The molecule has 1 aromatic heterocycles. The highest BCUT2D eigenvalue weighted by atomic mass is 19.4. The van der Waals surface area contributed by atoms with E-state index < -0.39 is 6.36 Å². The van der Waals surface area contributed by atoms with Gasteiger partial charge in [0.2, 0.25) is 0 Å². The van der Waals surface area contributed by atoms with Crippen LogP contribution in [0, 0.1) is 0 Å². The van der Waals surface area contributed by atoms with E-state index in [4.69, 9.17) is 0 Å². The van der Waals surface area contributed by atoms with Gasteiger partial charge in [-0.05, 0) is 31.0 Å². The Bertz CT molecular complexity index is 805. The van der Waals surface area contributed by atoms with Gasteiger partial charge in [-0.25, -0.2) is 0 Å². The Morgan fingerprint density at radius 1 is 1.22 bits per heavy atom. The lowest BCUT2D eigenvalue weighted by Crippen LogP contribution is -2.28. The molecule has 0 saturated carbocycles. The van der Waals surface area contributed by atoms with Crippen molar-refractivity contribution >= 4 is 11.6 Å². The quantitative estimate of drug-likeness (QED) is 0.792. The highest BCUT2D eigenvalue weighted by Crippen LogP contribution is 2.27. The summed E-state index contributed by atoms with van der Waals surface area (Å²) < 4.78 is 41.7. The number of amides is 1. The zero-order chi connectivity index (χ0) is 19.4. The number of alkyl halides is 3. The Kier molecular flexibility index (Phi) is 5.53. The fourth-order valence-corrected chi connectivity index (χ4v) is 3.09. The Morgan fingerprint density at radius 2 is 1.93 bits per heavy atom. The van der Waals surface area contributed by atoms with E-state index in [1.165, 1.54) is 30.1 Å². The first-order chi connectivity index (χ1) is 12.8. The fraction of sp³-hybridized carbons (Fsp3) is 0.368. The maximum absolute atomic E-state index is 12.7. The lowest BCUT2D eigenvalue weighted by Gasteiger charge is -2.21. The number of halogens is 3. The summed E-state index contributed by atoms with van der Waals surface area (Å²) in [6.07, 6.45) is -0.983. The normalized spacial score (nSPS) is 14.3. The molecule has 144 valence electrons. The van der Waals surface area contributed by atoms with Crippen LogP contribution < -0.4 is 9.64 Å². The maximum atomic E-state index is 12.7. The Balaban J connectivity index is 1.74. The second kappa shape index (κ2) is 7.85. The third-order valence-electron chi connectivity index (χ3n) is 4.39. The Hall–Kier alpha value is -2.77. The molecular weight excluding hydrogens is 359 g/mol. The SMILES string of the molecule is CN(Cc1ccccc1OC(F)(F)F)C(=O)c1cc(N2CCCC2)ccn1. The van der Waals surface area contributed by atoms with Crippen LogP contribution >= 0.6 is 0 Å². The fourth-order valence-electron chi connectivity index (χ4n) is 3.09. The molecule has 8 heteroatoms. The summed E-state index contributed by atoms with van der Waals surface area (Å²) >= 11 is 0. The average molecular weight is 379 g/mol. The van der Waals surface area contributed by atoms with Crippen molar-refractivity contribution in [1.82, 2.24) is 9.88 Å². The number of hydrogen-bond acceptors (Lipinski definition) is 4. The third-order valence-corrected chi connectivity index (χ3v) is 4.39. The largest absolute Gasteiger partial charge is 0.573 e. The lowest BCUT2D eigenvalue weighted by atomic mass is 10.2. The summed E-state index contributed by atoms with van der Waals surface area (Å²) in [6.45, 7) is 1.85. The van der Waals surface area contributed by atoms with Crippen LogP contribution in [0.25, 0.3) is 0 Å². The third kappa shape index (κ3) is 4.90. The number of carbonyl (C=O) groups is 1. The van der Waals surface area contributed by atoms with Gasteiger partial charge in [-0.1, -0.05) is 18.2 Å². The highest BCUT2D eigenvalue weighted by Gasteiger charge is 2.32. The van der Waals surface area contributed by atoms with Crippen LogP contribution in [-0.4, -0.2) is 42.3 Å². The molecule has 3 rings (SSSR count). The van der Waals surface area contributed by atoms with Crippen molar-refractivity contribution in [2.24, 2.45) is 0 Å². The topological polar surface area (TPSA) is 45.7 Å². The van der Waals surface area contributed by atoms with Crippen LogP contribution in [0.5, 0.6) is 5.75 Å². The molecule has 1 aliphatic heterocycles. The van der Waals surface area contributed by atoms with E-state index in [-0.39, 0.29) is 29.5 Å². The van der Waals surface area contributed by atoms with E-state index in [1.807, 2.05) is 6.07 Å². The van der Waals surface area contributed by atoms with Crippen LogP contribution in [0.3, 0.4) is 0 Å². The van der Waals surface area contributed by atoms with Crippen molar-refractivity contribution in [1.29, 1.82) is 0 Å². The number of anilines is 1. The van der Waals surface area contributed by atoms with Crippen LogP contribution in [0.1, 0.15) is 28.9 Å². The van der Waals surface area contributed by atoms with Gasteiger partial charge in [0.1, 0.15) is 11.4 Å². The first-order valence-corrected chi connectivity index (χ1v) is 8.63. The maximum Gasteiger partial charge on any atom is 0.573 e. The van der Waals surface area contributed by atoms with Crippen LogP contribution in [0.2, 0.25) is 0 Å². The van der Waals surface area contributed by atoms with Crippen molar-refractivity contribution < 1.29 is 22.7 Å². The van der Waals surface area contributed by atoms with Gasteiger partial charge in [-0.15, -0.1) is 13.2 Å². The van der Waals surface area contributed by atoms with Gasteiger partial charge in [0.25, 0.3) is 5.91 Å². The monoisotopic (exact) mass is 379 g/mol. The summed E-state index contributed by atoms with van der Waals surface area (Å²) in [5.74, 6) is -0.679. The average Bonchev–Trinajstić information content (AvgIpc) is 3.16. The van der Waals surface area contributed by atoms with Gasteiger partial charge in [0.05, 0.1) is 0 Å². The van der Waals surface area contributed by atoms with E-state index in [9.17, 15) is 18.0 Å². The van der Waals surface area contributed by atoms with Crippen molar-refractivity contribution in [2.45, 2.75) is 25.7 Å². The predicted octanol–water partition coefficient (Wildman–Crippen LogP) is 3.85. The summed E-state index contributed by atoms with van der Waals surface area (Å²) in [4.78, 5) is 20.3. The van der Waals surface area contributed by atoms with E-state index in [1.54, 1.807) is 18.3 Å². The first-order valence-electron chi connectivity index (χ1n) is 8.63. The van der Waals surface area contributed by atoms with Crippen LogP contribution in [0.4, 0.5) is 18.9 Å². The van der Waals surface area contributed by atoms with Crippen LogP contribution in [-0.2, 0) is 6.54 Å². The molecular formula is C19H20F3N3O2. The summed E-state index contributed by atoms with van der Waals surface area (Å²) in [7, 11) is 1.52. The van der Waals surface area contributed by atoms with Gasteiger partial charge in [-0.2, -0.15) is 0 Å². The van der Waals surface area contributed by atoms with Gasteiger partial charge in [0, 0.05) is 44.1 Å². The number of para-hydroxylation sites is 1. The molecule has 1 aromatic carbocycles. The lowest BCUT2D eigenvalue weighted by molar-refractivity contribution is -0.275. The molecule has 1 fully saturated rings. The predicted molar refractivity (Wildman–Crippen MR) is 94.6 cm³/mol. The number of hydrogen-bond donors (Lipinski definition) is 0. The molecule has 2 aromatic rings. The van der Waals surface area contributed by atoms with Crippen molar-refractivity contribution in [2.75, 3.05) is 25.0 Å². The molecule has 2 heterocycles. The molecule has 0 spiro atoms. The molecule has 1 aliphatic rings. The number of nitrogens with zero attached hydrogens (tertiary/aromatic N) is 3. The molecule has 1 amide bonds. The zero-order valence-electron chi connectivity index (χ0n) is 14.9. The van der Waals surface area contributed by atoms with Gasteiger partial charge < -0.3 is 14.5 Å². The second-order valence-corrected chi connectivity index (χ2v) is 6.41. The summed E-state index contributed by atoms with van der Waals surface area (Å²) in [5.41, 5.74) is 1.46. The van der Waals surface area contributed by atoms with Gasteiger partial charge >= 0.3 is 6.36 Å². The Morgan fingerprint density at radius 3 is 2.63 bits per heavy atom. The van der Waals surface area contributed by atoms with Crippen molar-refractivity contribution in [3.05, 3.63) is 53.9 Å².